The zero-order valence-electron chi connectivity index (χ0n) is 17.5. The van der Waals surface area contributed by atoms with Gasteiger partial charge in [-0.2, -0.15) is 0 Å². The number of hydrogen-bond acceptors (Lipinski definition) is 3. The summed E-state index contributed by atoms with van der Waals surface area (Å²) in [6, 6.07) is 4.29. The van der Waals surface area contributed by atoms with Crippen LogP contribution in [0, 0.1) is 0 Å². The highest BCUT2D eigenvalue weighted by Crippen LogP contribution is 2.31. The van der Waals surface area contributed by atoms with Crippen molar-refractivity contribution in [1.82, 2.24) is 4.90 Å². The van der Waals surface area contributed by atoms with E-state index in [0.717, 1.165) is 19.3 Å². The lowest BCUT2D eigenvalue weighted by molar-refractivity contribution is -0.123. The van der Waals surface area contributed by atoms with Crippen LogP contribution in [0.1, 0.15) is 75.1 Å². The summed E-state index contributed by atoms with van der Waals surface area (Å²) in [5.41, 5.74) is 6.28. The van der Waals surface area contributed by atoms with Crippen molar-refractivity contribution < 1.29 is 14.4 Å². The first-order valence-electron chi connectivity index (χ1n) is 10.5. The van der Waals surface area contributed by atoms with E-state index < -0.39 is 11.9 Å². The van der Waals surface area contributed by atoms with Gasteiger partial charge in [-0.05, 0) is 31.0 Å². The van der Waals surface area contributed by atoms with Crippen LogP contribution in [0.4, 0.5) is 5.69 Å². The van der Waals surface area contributed by atoms with Gasteiger partial charge in [0.05, 0.1) is 11.3 Å². The third-order valence-electron chi connectivity index (χ3n) is 5.47. The monoisotopic (exact) mass is 421 g/mol. The summed E-state index contributed by atoms with van der Waals surface area (Å²) < 4.78 is 0. The van der Waals surface area contributed by atoms with Gasteiger partial charge in [0.25, 0.3) is 5.91 Å². The van der Waals surface area contributed by atoms with Crippen LogP contribution in [-0.4, -0.2) is 42.3 Å². The van der Waals surface area contributed by atoms with Crippen LogP contribution >= 0.6 is 11.6 Å². The van der Waals surface area contributed by atoms with Crippen LogP contribution < -0.4 is 10.6 Å². The first kappa shape index (κ1) is 23.2. The number of rotatable bonds is 11. The van der Waals surface area contributed by atoms with Crippen molar-refractivity contribution in [2.24, 2.45) is 5.73 Å². The topological polar surface area (TPSA) is 83.7 Å². The van der Waals surface area contributed by atoms with Crippen molar-refractivity contribution in [3.8, 4) is 0 Å². The molecule has 0 bridgehead atoms. The highest BCUT2D eigenvalue weighted by molar-refractivity contribution is 6.31. The number of nitrogens with two attached hydrogens (primary N) is 1. The van der Waals surface area contributed by atoms with E-state index >= 15 is 0 Å². The molecule has 1 aromatic rings. The Labute approximate surface area is 178 Å². The Kier molecular flexibility index (Phi) is 8.96. The minimum absolute atomic E-state index is 0.0520. The van der Waals surface area contributed by atoms with Gasteiger partial charge in [-0.15, -0.1) is 0 Å². The standard InChI is InChI=1S/C22H32ClN3O3/c1-3-4-5-6-7-8-9-14-26-19-15-16(23)10-11-17(19)21(28)25(2)18(22(26)29)12-13-20(24)27/h10-11,15,18H,3-9,12-14H2,1-2H3,(H2,24,27)/t18-/m1/s1. The van der Waals surface area contributed by atoms with Gasteiger partial charge in [-0.1, -0.05) is 57.0 Å². The quantitative estimate of drug-likeness (QED) is 0.545. The Morgan fingerprint density at radius 2 is 1.76 bits per heavy atom. The maximum absolute atomic E-state index is 13.3. The average Bonchev–Trinajstić information content (AvgIpc) is 2.75. The number of amides is 3. The predicted octanol–water partition coefficient (Wildman–Crippen LogP) is 4.14. The first-order chi connectivity index (χ1) is 13.9. The molecule has 6 nitrogen and oxygen atoms in total. The largest absolute Gasteiger partial charge is 0.370 e. The molecule has 1 aliphatic rings. The number of unbranched alkanes of at least 4 members (excludes halogenated alkanes) is 6. The molecule has 0 saturated heterocycles. The molecule has 0 fully saturated rings. The second-order valence-corrected chi connectivity index (χ2v) is 8.15. The average molecular weight is 422 g/mol. The Morgan fingerprint density at radius 3 is 2.41 bits per heavy atom. The molecule has 3 amide bonds. The van der Waals surface area contributed by atoms with Crippen LogP contribution in [0.2, 0.25) is 5.02 Å². The van der Waals surface area contributed by atoms with Crippen molar-refractivity contribution in [2.45, 2.75) is 70.8 Å². The molecule has 29 heavy (non-hydrogen) atoms. The Balaban J connectivity index is 2.19. The van der Waals surface area contributed by atoms with Crippen LogP contribution in [0.25, 0.3) is 0 Å². The van der Waals surface area contributed by atoms with Crippen molar-refractivity contribution in [3.63, 3.8) is 0 Å². The number of halogens is 1. The van der Waals surface area contributed by atoms with E-state index in [9.17, 15) is 14.4 Å². The molecule has 160 valence electrons. The molecule has 1 atom stereocenters. The highest BCUT2D eigenvalue weighted by Gasteiger charge is 2.37. The minimum atomic E-state index is -0.717. The highest BCUT2D eigenvalue weighted by atomic mass is 35.5. The van der Waals surface area contributed by atoms with E-state index in [1.54, 1.807) is 30.1 Å². The maximum Gasteiger partial charge on any atom is 0.256 e. The fraction of sp³-hybridized carbons (Fsp3) is 0.591. The number of primary amides is 1. The van der Waals surface area contributed by atoms with Crippen LogP contribution in [0.15, 0.2) is 18.2 Å². The summed E-state index contributed by atoms with van der Waals surface area (Å²) in [7, 11) is 1.60. The number of likely N-dealkylation sites (N-methyl/N-ethyl adjacent to an activating group) is 1. The van der Waals surface area contributed by atoms with Gasteiger partial charge in [0.15, 0.2) is 0 Å². The van der Waals surface area contributed by atoms with Crippen LogP contribution in [-0.2, 0) is 9.59 Å². The van der Waals surface area contributed by atoms with Gasteiger partial charge in [-0.25, -0.2) is 0 Å². The predicted molar refractivity (Wildman–Crippen MR) is 116 cm³/mol. The van der Waals surface area contributed by atoms with Gasteiger partial charge in [0.2, 0.25) is 11.8 Å². The van der Waals surface area contributed by atoms with Gasteiger partial charge < -0.3 is 15.5 Å². The van der Waals surface area contributed by atoms with Crippen molar-refractivity contribution >= 4 is 35.0 Å². The number of hydrogen-bond donors (Lipinski definition) is 1. The Morgan fingerprint density at radius 1 is 1.10 bits per heavy atom. The summed E-state index contributed by atoms with van der Waals surface area (Å²) in [5.74, 6) is -0.919. The zero-order chi connectivity index (χ0) is 21.4. The second kappa shape index (κ2) is 11.2. The SMILES string of the molecule is CCCCCCCCCN1C(=O)[C@@H](CCC(N)=O)N(C)C(=O)c2ccc(Cl)cc21. The molecule has 0 spiro atoms. The van der Waals surface area contributed by atoms with E-state index in [1.807, 2.05) is 0 Å². The lowest BCUT2D eigenvalue weighted by Crippen LogP contribution is -2.47. The number of carbonyl (C=O) groups excluding carboxylic acids is 3. The molecule has 0 unspecified atom stereocenters. The van der Waals surface area contributed by atoms with Crippen molar-refractivity contribution in [1.29, 1.82) is 0 Å². The molecule has 7 heteroatoms. The fourth-order valence-corrected chi connectivity index (χ4v) is 3.92. The van der Waals surface area contributed by atoms with Crippen LogP contribution in [0.3, 0.4) is 0 Å². The lowest BCUT2D eigenvalue weighted by Gasteiger charge is -2.28. The van der Waals surface area contributed by atoms with E-state index in [2.05, 4.69) is 6.92 Å². The minimum Gasteiger partial charge on any atom is -0.370 e. The summed E-state index contributed by atoms with van der Waals surface area (Å²) >= 11 is 6.17. The summed E-state index contributed by atoms with van der Waals surface area (Å²) in [6.07, 6.45) is 8.19. The number of anilines is 1. The molecule has 2 rings (SSSR count). The maximum atomic E-state index is 13.3. The second-order valence-electron chi connectivity index (χ2n) is 7.71. The fourth-order valence-electron chi connectivity index (χ4n) is 3.76. The van der Waals surface area contributed by atoms with Gasteiger partial charge in [0.1, 0.15) is 6.04 Å². The molecular weight excluding hydrogens is 390 g/mol. The third kappa shape index (κ3) is 6.20. The smallest absolute Gasteiger partial charge is 0.256 e. The van der Waals surface area contributed by atoms with E-state index in [-0.39, 0.29) is 24.7 Å². The van der Waals surface area contributed by atoms with Crippen molar-refractivity contribution in [3.05, 3.63) is 28.8 Å². The summed E-state index contributed by atoms with van der Waals surface area (Å²) in [6.45, 7) is 2.72. The molecule has 0 aromatic heterocycles. The molecule has 0 aliphatic carbocycles. The molecule has 0 saturated carbocycles. The summed E-state index contributed by atoms with van der Waals surface area (Å²) in [5, 5.41) is 0.479. The molecule has 0 radical (unpaired) electrons. The number of benzene rings is 1. The molecular formula is C22H32ClN3O3. The molecule has 1 aromatic carbocycles. The number of carbonyl (C=O) groups is 3. The number of nitrogens with zero attached hydrogens (tertiary/aromatic N) is 2. The summed E-state index contributed by atoms with van der Waals surface area (Å²) in [4.78, 5) is 40.6. The van der Waals surface area contributed by atoms with Crippen LogP contribution in [0.5, 0.6) is 0 Å². The van der Waals surface area contributed by atoms with E-state index in [0.29, 0.717) is 22.8 Å². The van der Waals surface area contributed by atoms with E-state index in [1.165, 1.54) is 30.6 Å². The van der Waals surface area contributed by atoms with E-state index in [4.69, 9.17) is 17.3 Å². The molecule has 1 aliphatic heterocycles. The van der Waals surface area contributed by atoms with Gasteiger partial charge in [0, 0.05) is 25.0 Å². The first-order valence-corrected chi connectivity index (χ1v) is 10.9. The Hall–Kier alpha value is -2.08. The van der Waals surface area contributed by atoms with Crippen molar-refractivity contribution in [2.75, 3.05) is 18.5 Å². The molecule has 1 heterocycles. The zero-order valence-corrected chi connectivity index (χ0v) is 18.2. The number of fused-ring (bicyclic) bond motifs is 1. The lowest BCUT2D eigenvalue weighted by atomic mass is 10.1. The normalized spacial score (nSPS) is 16.7. The molecule has 2 N–H and O–H groups in total. The van der Waals surface area contributed by atoms with Gasteiger partial charge >= 0.3 is 0 Å². The van der Waals surface area contributed by atoms with Gasteiger partial charge in [-0.3, -0.25) is 14.4 Å². The third-order valence-corrected chi connectivity index (χ3v) is 5.70. The Bertz CT molecular complexity index is 738.